The molecule has 1 aliphatic heterocycles. The third-order valence-corrected chi connectivity index (χ3v) is 6.85. The Kier molecular flexibility index (Phi) is 7.93. The van der Waals surface area contributed by atoms with Gasteiger partial charge in [0.2, 0.25) is 21.8 Å². The van der Waals surface area contributed by atoms with Crippen LogP contribution >= 0.6 is 0 Å². The number of carbonyl (C=O) groups is 2. The van der Waals surface area contributed by atoms with Gasteiger partial charge in [-0.15, -0.1) is 0 Å². The van der Waals surface area contributed by atoms with Crippen LogP contribution in [0.1, 0.15) is 27.2 Å². The molecular weight excluding hydrogens is 439 g/mol. The predicted octanol–water partition coefficient (Wildman–Crippen LogP) is 2.47. The monoisotopic (exact) mass is 465 g/mol. The van der Waals surface area contributed by atoms with Gasteiger partial charge in [-0.25, -0.2) is 8.42 Å². The van der Waals surface area contributed by atoms with Gasteiger partial charge < -0.3 is 15.0 Å². The zero-order valence-electron chi connectivity index (χ0n) is 17.5. The number of rotatable bonds is 9. The van der Waals surface area contributed by atoms with Gasteiger partial charge in [0.1, 0.15) is 12.3 Å². The Hall–Kier alpha value is -2.34. The van der Waals surface area contributed by atoms with Gasteiger partial charge in [-0.2, -0.15) is 17.5 Å². The zero-order valence-corrected chi connectivity index (χ0v) is 18.3. The number of anilines is 1. The first-order valence-electron chi connectivity index (χ1n) is 9.85. The maximum Gasteiger partial charge on any atom is 0.406 e. The first kappa shape index (κ1) is 24.9. The van der Waals surface area contributed by atoms with Crippen LogP contribution in [-0.2, 0) is 19.6 Å². The molecule has 2 rings (SSSR count). The van der Waals surface area contributed by atoms with Crippen LogP contribution in [0, 0.1) is 5.92 Å². The highest BCUT2D eigenvalue weighted by Crippen LogP contribution is 2.31. The van der Waals surface area contributed by atoms with Crippen molar-refractivity contribution in [3.8, 4) is 5.75 Å². The average molecular weight is 465 g/mol. The van der Waals surface area contributed by atoms with Gasteiger partial charge in [0, 0.05) is 26.1 Å². The minimum Gasteiger partial charge on any atom is -0.492 e. The highest BCUT2D eigenvalue weighted by molar-refractivity contribution is 7.89. The molecule has 1 atom stereocenters. The average Bonchev–Trinajstić information content (AvgIpc) is 3.03. The molecule has 8 nitrogen and oxygen atoms in total. The third kappa shape index (κ3) is 6.10. The van der Waals surface area contributed by atoms with Crippen LogP contribution < -0.4 is 10.1 Å². The molecule has 1 aromatic rings. The highest BCUT2D eigenvalue weighted by Gasteiger charge is 2.40. The van der Waals surface area contributed by atoms with E-state index in [1.165, 1.54) is 22.5 Å². The summed E-state index contributed by atoms with van der Waals surface area (Å²) in [5.41, 5.74) is 0.0711. The highest BCUT2D eigenvalue weighted by atomic mass is 32.2. The molecule has 2 amide bonds. The van der Waals surface area contributed by atoms with Crippen molar-refractivity contribution in [1.82, 2.24) is 9.21 Å². The molecule has 12 heteroatoms. The van der Waals surface area contributed by atoms with Crippen LogP contribution in [0.2, 0.25) is 0 Å². The number of amides is 2. The Morgan fingerprint density at radius 3 is 2.45 bits per heavy atom. The molecule has 1 unspecified atom stereocenters. The summed E-state index contributed by atoms with van der Waals surface area (Å²) in [6, 6.07) is 4.02. The molecule has 0 aliphatic carbocycles. The SMILES string of the molecule is CCOc1ccc(S(=O)(=O)N(CC)CC)cc1NC(=O)C1CC(=O)N(CC(F)(F)F)C1. The van der Waals surface area contributed by atoms with E-state index in [4.69, 9.17) is 4.74 Å². The quantitative estimate of drug-likeness (QED) is 0.605. The Bertz CT molecular complexity index is 917. The smallest absolute Gasteiger partial charge is 0.406 e. The van der Waals surface area contributed by atoms with Crippen molar-refractivity contribution in [3.63, 3.8) is 0 Å². The van der Waals surface area contributed by atoms with Crippen LogP contribution in [0.5, 0.6) is 5.75 Å². The summed E-state index contributed by atoms with van der Waals surface area (Å²) < 4.78 is 70.1. The fraction of sp³-hybridized carbons (Fsp3) is 0.579. The summed E-state index contributed by atoms with van der Waals surface area (Å²) in [5, 5.41) is 2.52. The summed E-state index contributed by atoms with van der Waals surface area (Å²) in [6.45, 7) is 4.07. The largest absolute Gasteiger partial charge is 0.492 e. The van der Waals surface area contributed by atoms with E-state index in [1.54, 1.807) is 20.8 Å². The molecule has 31 heavy (non-hydrogen) atoms. The van der Waals surface area contributed by atoms with Gasteiger partial charge >= 0.3 is 6.18 Å². The first-order valence-corrected chi connectivity index (χ1v) is 11.3. The lowest BCUT2D eigenvalue weighted by Gasteiger charge is -2.20. The topological polar surface area (TPSA) is 96.0 Å². The molecule has 1 heterocycles. The normalized spacial score (nSPS) is 17.3. The van der Waals surface area contributed by atoms with E-state index in [2.05, 4.69) is 5.32 Å². The second-order valence-electron chi connectivity index (χ2n) is 6.96. The lowest BCUT2D eigenvalue weighted by atomic mass is 10.1. The van der Waals surface area contributed by atoms with Gasteiger partial charge in [-0.05, 0) is 25.1 Å². The minimum absolute atomic E-state index is 0.0591. The third-order valence-electron chi connectivity index (χ3n) is 4.81. The Balaban J connectivity index is 2.27. The number of hydrogen-bond donors (Lipinski definition) is 1. The molecule has 0 aromatic heterocycles. The van der Waals surface area contributed by atoms with Gasteiger partial charge in [0.25, 0.3) is 0 Å². The van der Waals surface area contributed by atoms with Crippen molar-refractivity contribution >= 4 is 27.5 Å². The molecule has 1 aromatic carbocycles. The summed E-state index contributed by atoms with van der Waals surface area (Å²) in [4.78, 5) is 25.0. The van der Waals surface area contributed by atoms with E-state index in [0.29, 0.717) is 4.90 Å². The molecule has 1 fully saturated rings. The van der Waals surface area contributed by atoms with Gasteiger partial charge in [-0.1, -0.05) is 13.8 Å². The molecule has 0 bridgehead atoms. The maximum atomic E-state index is 12.8. The fourth-order valence-electron chi connectivity index (χ4n) is 3.31. The van der Waals surface area contributed by atoms with E-state index in [0.717, 1.165) is 0 Å². The van der Waals surface area contributed by atoms with Crippen LogP contribution in [0.3, 0.4) is 0 Å². The number of alkyl halides is 3. The van der Waals surface area contributed by atoms with E-state index < -0.39 is 40.5 Å². The van der Waals surface area contributed by atoms with E-state index in [1.807, 2.05) is 0 Å². The van der Waals surface area contributed by atoms with Crippen molar-refractivity contribution in [1.29, 1.82) is 0 Å². The van der Waals surface area contributed by atoms with Gasteiger partial charge in [-0.3, -0.25) is 9.59 Å². The van der Waals surface area contributed by atoms with Crippen LogP contribution in [0.4, 0.5) is 18.9 Å². The van der Waals surface area contributed by atoms with Crippen LogP contribution in [0.25, 0.3) is 0 Å². The lowest BCUT2D eigenvalue weighted by molar-refractivity contribution is -0.157. The lowest BCUT2D eigenvalue weighted by Crippen LogP contribution is -2.36. The van der Waals surface area contributed by atoms with E-state index >= 15 is 0 Å². The Morgan fingerprint density at radius 1 is 1.26 bits per heavy atom. The number of carbonyl (C=O) groups excluding carboxylic acids is 2. The van der Waals surface area contributed by atoms with Crippen LogP contribution in [0.15, 0.2) is 23.1 Å². The fourth-order valence-corrected chi connectivity index (χ4v) is 4.80. The summed E-state index contributed by atoms with van der Waals surface area (Å²) >= 11 is 0. The van der Waals surface area contributed by atoms with Crippen LogP contribution in [-0.4, -0.2) is 68.4 Å². The molecular formula is C19H26F3N3O5S. The van der Waals surface area contributed by atoms with Crippen molar-refractivity contribution in [2.75, 3.05) is 38.1 Å². The Morgan fingerprint density at radius 2 is 1.90 bits per heavy atom. The van der Waals surface area contributed by atoms with Crippen molar-refractivity contribution in [2.24, 2.45) is 5.92 Å². The molecule has 0 radical (unpaired) electrons. The summed E-state index contributed by atoms with van der Waals surface area (Å²) in [6.07, 6.45) is -4.92. The number of likely N-dealkylation sites (tertiary alicyclic amines) is 1. The minimum atomic E-state index is -4.56. The van der Waals surface area contributed by atoms with E-state index in [-0.39, 0.29) is 49.0 Å². The van der Waals surface area contributed by atoms with Crippen molar-refractivity contribution in [2.45, 2.75) is 38.3 Å². The number of hydrogen-bond acceptors (Lipinski definition) is 5. The number of benzene rings is 1. The number of sulfonamides is 1. The predicted molar refractivity (Wildman–Crippen MR) is 107 cm³/mol. The molecule has 1 N–H and O–H groups in total. The number of nitrogens with one attached hydrogen (secondary N) is 1. The molecule has 174 valence electrons. The molecule has 1 saturated heterocycles. The van der Waals surface area contributed by atoms with Gasteiger partial charge in [0.05, 0.1) is 23.1 Å². The summed E-state index contributed by atoms with van der Waals surface area (Å²) in [7, 11) is -3.81. The molecule has 1 aliphatic rings. The maximum absolute atomic E-state index is 12.8. The second kappa shape index (κ2) is 9.86. The van der Waals surface area contributed by atoms with Crippen molar-refractivity contribution < 1.29 is 35.9 Å². The second-order valence-corrected chi connectivity index (χ2v) is 8.90. The number of ether oxygens (including phenoxy) is 1. The van der Waals surface area contributed by atoms with E-state index in [9.17, 15) is 31.2 Å². The molecule has 0 spiro atoms. The zero-order chi connectivity index (χ0) is 23.4. The summed E-state index contributed by atoms with van der Waals surface area (Å²) in [5.74, 6) is -2.23. The number of nitrogens with zero attached hydrogens (tertiary/aromatic N) is 2. The Labute approximate surface area is 179 Å². The van der Waals surface area contributed by atoms with Gasteiger partial charge in [0.15, 0.2) is 0 Å². The molecule has 0 saturated carbocycles. The first-order chi connectivity index (χ1) is 14.4. The van der Waals surface area contributed by atoms with Crippen molar-refractivity contribution in [3.05, 3.63) is 18.2 Å². The standard InChI is InChI=1S/C19H26F3N3O5S/c1-4-25(5-2)31(28,29)14-7-8-16(30-6-3)15(10-14)23-18(27)13-9-17(26)24(11-13)12-19(20,21)22/h7-8,10,13H,4-6,9,11-12H2,1-3H3,(H,23,27). The number of halogens is 3.